The van der Waals surface area contributed by atoms with Crippen LogP contribution in [0.25, 0.3) is 0 Å². The van der Waals surface area contributed by atoms with Gasteiger partial charge < -0.3 is 0 Å². The zero-order valence-corrected chi connectivity index (χ0v) is 18.6. The molecule has 0 fully saturated rings. The van der Waals surface area contributed by atoms with Gasteiger partial charge in [-0.3, -0.25) is 25.2 Å². The van der Waals surface area contributed by atoms with E-state index in [1.807, 2.05) is 0 Å². The Labute approximate surface area is 193 Å². The molecule has 3 rings (SSSR count). The third kappa shape index (κ3) is 5.97. The number of rotatable bonds is 6. The maximum absolute atomic E-state index is 13.6. The van der Waals surface area contributed by atoms with E-state index >= 15 is 0 Å². The van der Waals surface area contributed by atoms with Gasteiger partial charge >= 0.3 is 0 Å². The topological polar surface area (TPSA) is 104 Å². The van der Waals surface area contributed by atoms with Gasteiger partial charge in [0.1, 0.15) is 5.82 Å². The third-order valence-electron chi connectivity index (χ3n) is 4.21. The average Bonchev–Trinajstić information content (AvgIpc) is 2.75. The van der Waals surface area contributed by atoms with Gasteiger partial charge in [0.05, 0.1) is 26.9 Å². The predicted molar refractivity (Wildman–Crippen MR) is 119 cm³/mol. The molecule has 0 radical (unpaired) electrons. The zero-order valence-electron chi connectivity index (χ0n) is 16.2. The Kier molecular flexibility index (Phi) is 7.34. The first-order chi connectivity index (χ1) is 15.2. The Bertz CT molecular complexity index is 1270. The molecule has 0 aromatic heterocycles. The normalized spacial score (nSPS) is 11.0. The minimum absolute atomic E-state index is 0.0547. The maximum Gasteiger partial charge on any atom is 0.272 e. The van der Waals surface area contributed by atoms with Crippen molar-refractivity contribution in [2.75, 3.05) is 4.72 Å². The second-order valence-corrected chi connectivity index (χ2v) is 9.03. The molecule has 3 aromatic carbocycles. The zero-order chi connectivity index (χ0) is 23.3. The minimum atomic E-state index is -3.89. The molecule has 0 aliphatic rings. The number of halogens is 3. The highest BCUT2D eigenvalue weighted by atomic mass is 35.5. The first-order valence-electron chi connectivity index (χ1n) is 9.06. The molecule has 0 saturated carbocycles. The van der Waals surface area contributed by atoms with Crippen LogP contribution in [0.4, 0.5) is 10.1 Å². The van der Waals surface area contributed by atoms with Crippen LogP contribution in [0.15, 0.2) is 71.6 Å². The SMILES string of the molecule is O=C(Cc1ccc(NS(=O)(=O)c2ccc(Cl)c(Cl)c2)cc1)NNC(=O)c1ccccc1F. The smallest absolute Gasteiger partial charge is 0.272 e. The van der Waals surface area contributed by atoms with Crippen LogP contribution in [0, 0.1) is 5.82 Å². The second-order valence-electron chi connectivity index (χ2n) is 6.54. The van der Waals surface area contributed by atoms with Crippen LogP contribution in [0.3, 0.4) is 0 Å². The van der Waals surface area contributed by atoms with Gasteiger partial charge in [-0.15, -0.1) is 0 Å². The van der Waals surface area contributed by atoms with Gasteiger partial charge in [-0.2, -0.15) is 0 Å². The molecule has 7 nitrogen and oxygen atoms in total. The van der Waals surface area contributed by atoms with E-state index in [1.54, 1.807) is 12.1 Å². The number of nitrogens with one attached hydrogen (secondary N) is 3. The Balaban J connectivity index is 1.57. The van der Waals surface area contributed by atoms with Crippen LogP contribution in [0.1, 0.15) is 15.9 Å². The van der Waals surface area contributed by atoms with Crippen LogP contribution >= 0.6 is 23.2 Å². The summed E-state index contributed by atoms with van der Waals surface area (Å²) in [5.41, 5.74) is 4.96. The van der Waals surface area contributed by atoms with Gasteiger partial charge in [0.2, 0.25) is 5.91 Å². The Morgan fingerprint density at radius 2 is 1.56 bits per heavy atom. The highest BCUT2D eigenvalue weighted by Crippen LogP contribution is 2.26. The summed E-state index contributed by atoms with van der Waals surface area (Å²) in [6, 6.07) is 15.4. The van der Waals surface area contributed by atoms with E-state index in [0.717, 1.165) is 6.07 Å². The van der Waals surface area contributed by atoms with Crippen molar-refractivity contribution in [2.45, 2.75) is 11.3 Å². The number of benzene rings is 3. The van der Waals surface area contributed by atoms with E-state index in [9.17, 15) is 22.4 Å². The largest absolute Gasteiger partial charge is 0.280 e. The van der Waals surface area contributed by atoms with E-state index in [0.29, 0.717) is 5.56 Å². The van der Waals surface area contributed by atoms with Crippen LogP contribution in [0.5, 0.6) is 0 Å². The fraction of sp³-hybridized carbons (Fsp3) is 0.0476. The molecule has 32 heavy (non-hydrogen) atoms. The number of amides is 2. The molecule has 11 heteroatoms. The predicted octanol–water partition coefficient (Wildman–Crippen LogP) is 3.94. The van der Waals surface area contributed by atoms with E-state index in [4.69, 9.17) is 23.2 Å². The number of sulfonamides is 1. The molecule has 0 atom stereocenters. The quantitative estimate of drug-likeness (QED) is 0.450. The number of hydrogen-bond acceptors (Lipinski definition) is 4. The van der Waals surface area contributed by atoms with Crippen molar-refractivity contribution in [3.05, 3.63) is 93.7 Å². The summed E-state index contributed by atoms with van der Waals surface area (Å²) >= 11 is 11.7. The fourth-order valence-corrected chi connectivity index (χ4v) is 4.06. The second kappa shape index (κ2) is 9.99. The van der Waals surface area contributed by atoms with Gasteiger partial charge in [0, 0.05) is 5.69 Å². The number of carbonyl (C=O) groups excluding carboxylic acids is 2. The lowest BCUT2D eigenvalue weighted by Crippen LogP contribution is -2.42. The molecule has 0 aliphatic heterocycles. The van der Waals surface area contributed by atoms with Crippen LogP contribution in [-0.4, -0.2) is 20.2 Å². The number of anilines is 1. The van der Waals surface area contributed by atoms with E-state index in [1.165, 1.54) is 48.5 Å². The lowest BCUT2D eigenvalue weighted by molar-refractivity contribution is -0.121. The van der Waals surface area contributed by atoms with Crippen LogP contribution in [0.2, 0.25) is 10.0 Å². The number of carbonyl (C=O) groups is 2. The number of hydrazine groups is 1. The minimum Gasteiger partial charge on any atom is -0.280 e. The lowest BCUT2D eigenvalue weighted by atomic mass is 10.1. The Morgan fingerprint density at radius 3 is 2.22 bits per heavy atom. The molecule has 0 heterocycles. The van der Waals surface area contributed by atoms with Crippen molar-refractivity contribution >= 4 is 50.7 Å². The summed E-state index contributed by atoms with van der Waals surface area (Å²) in [6.45, 7) is 0. The highest BCUT2D eigenvalue weighted by Gasteiger charge is 2.16. The van der Waals surface area contributed by atoms with Crippen molar-refractivity contribution in [3.8, 4) is 0 Å². The van der Waals surface area contributed by atoms with E-state index in [-0.39, 0.29) is 32.6 Å². The van der Waals surface area contributed by atoms with Gasteiger partial charge in [-0.05, 0) is 48.0 Å². The highest BCUT2D eigenvalue weighted by molar-refractivity contribution is 7.92. The van der Waals surface area contributed by atoms with Crippen molar-refractivity contribution in [3.63, 3.8) is 0 Å². The third-order valence-corrected chi connectivity index (χ3v) is 6.32. The molecular formula is C21H16Cl2FN3O4S. The van der Waals surface area contributed by atoms with Crippen LogP contribution < -0.4 is 15.6 Å². The van der Waals surface area contributed by atoms with E-state index in [2.05, 4.69) is 15.6 Å². The maximum atomic E-state index is 13.6. The Hall–Kier alpha value is -3.14. The first kappa shape index (κ1) is 23.5. The summed E-state index contributed by atoms with van der Waals surface area (Å²) in [7, 11) is -3.89. The van der Waals surface area contributed by atoms with Crippen molar-refractivity contribution < 1.29 is 22.4 Å². The molecule has 0 saturated heterocycles. The summed E-state index contributed by atoms with van der Waals surface area (Å²) in [4.78, 5) is 23.9. The number of hydrogen-bond donors (Lipinski definition) is 3. The molecule has 0 unspecified atom stereocenters. The van der Waals surface area contributed by atoms with Gasteiger partial charge in [0.15, 0.2) is 0 Å². The summed E-state index contributed by atoms with van der Waals surface area (Å²) < 4.78 is 40.9. The Morgan fingerprint density at radius 1 is 0.875 bits per heavy atom. The van der Waals surface area contributed by atoms with Gasteiger partial charge in [-0.25, -0.2) is 12.8 Å². The van der Waals surface area contributed by atoms with Crippen LogP contribution in [-0.2, 0) is 21.2 Å². The summed E-state index contributed by atoms with van der Waals surface area (Å²) in [5.74, 6) is -2.04. The fourth-order valence-electron chi connectivity index (χ4n) is 2.62. The molecule has 3 N–H and O–H groups in total. The first-order valence-corrected chi connectivity index (χ1v) is 11.3. The molecule has 166 valence electrons. The molecule has 2 amide bonds. The van der Waals surface area contributed by atoms with Gasteiger partial charge in [0.25, 0.3) is 15.9 Å². The molecule has 0 spiro atoms. The monoisotopic (exact) mass is 495 g/mol. The standard InChI is InChI=1S/C21H16Cl2FN3O4S/c22-17-10-9-15(12-18(17)23)32(30,31)27-14-7-5-13(6-8-14)11-20(28)25-26-21(29)16-3-1-2-4-19(16)24/h1-10,12,27H,11H2,(H,25,28)(H,26,29). The van der Waals surface area contributed by atoms with E-state index < -0.39 is 27.7 Å². The average molecular weight is 496 g/mol. The summed E-state index contributed by atoms with van der Waals surface area (Å²) in [5, 5.41) is 0.344. The van der Waals surface area contributed by atoms with Crippen molar-refractivity contribution in [2.24, 2.45) is 0 Å². The molecule has 0 bridgehead atoms. The molecule has 3 aromatic rings. The molecular weight excluding hydrogens is 480 g/mol. The van der Waals surface area contributed by atoms with Gasteiger partial charge in [-0.1, -0.05) is 47.5 Å². The summed E-state index contributed by atoms with van der Waals surface area (Å²) in [6.07, 6.45) is -0.0998. The van der Waals surface area contributed by atoms with Crippen molar-refractivity contribution in [1.82, 2.24) is 10.9 Å². The molecule has 0 aliphatic carbocycles. The lowest BCUT2D eigenvalue weighted by Gasteiger charge is -2.10. The van der Waals surface area contributed by atoms with Crippen molar-refractivity contribution in [1.29, 1.82) is 0 Å².